The summed E-state index contributed by atoms with van der Waals surface area (Å²) < 4.78 is 45.4. The smallest absolute Gasteiger partial charge is 0.351 e. The molecule has 8 heteroatoms. The number of nitrogens with zero attached hydrogens (tertiary/aromatic N) is 2. The second-order valence-electron chi connectivity index (χ2n) is 7.59. The van der Waals surface area contributed by atoms with Crippen molar-refractivity contribution in [1.29, 1.82) is 0 Å². The summed E-state index contributed by atoms with van der Waals surface area (Å²) in [5.74, 6) is -1.04. The lowest BCUT2D eigenvalue weighted by molar-refractivity contribution is -0.135. The third kappa shape index (κ3) is 3.09. The predicted octanol–water partition coefficient (Wildman–Crippen LogP) is 2.83. The van der Waals surface area contributed by atoms with Crippen molar-refractivity contribution in [2.75, 3.05) is 30.0 Å². The maximum absolute atomic E-state index is 14.9. The number of hydrogen-bond donors (Lipinski definition) is 0. The molecule has 1 aliphatic carbocycles. The molecule has 1 atom stereocenters. The van der Waals surface area contributed by atoms with Gasteiger partial charge in [-0.05, 0) is 43.7 Å². The lowest BCUT2D eigenvalue weighted by atomic mass is 9.99. The van der Waals surface area contributed by atoms with E-state index in [2.05, 4.69) is 11.7 Å². The average molecular weight is 394 g/mol. The lowest BCUT2D eigenvalue weighted by Gasteiger charge is -2.35. The Morgan fingerprint density at radius 3 is 2.59 bits per heavy atom. The standard InChI is InChI=1S/C19H23FN2O4S/c1-12-4-3-7-21(10-12)15-9-16-17(8-14(15)20)27(24,25)18(19(23)26-2)11-22(16)13-5-6-13/h8-9,11-13H,3-7,10H2,1-2H3/t12-/m0/s1. The first-order chi connectivity index (χ1) is 12.8. The van der Waals surface area contributed by atoms with E-state index in [-0.39, 0.29) is 10.9 Å². The Morgan fingerprint density at radius 1 is 1.22 bits per heavy atom. The Hall–Kier alpha value is -2.09. The van der Waals surface area contributed by atoms with E-state index in [4.69, 9.17) is 0 Å². The van der Waals surface area contributed by atoms with E-state index in [9.17, 15) is 17.6 Å². The van der Waals surface area contributed by atoms with Crippen LogP contribution in [0.5, 0.6) is 0 Å². The van der Waals surface area contributed by atoms with E-state index in [1.165, 1.54) is 6.20 Å². The molecule has 2 heterocycles. The highest BCUT2D eigenvalue weighted by molar-refractivity contribution is 7.96. The van der Waals surface area contributed by atoms with E-state index >= 15 is 0 Å². The number of anilines is 2. The summed E-state index contributed by atoms with van der Waals surface area (Å²) >= 11 is 0. The van der Waals surface area contributed by atoms with Gasteiger partial charge in [-0.15, -0.1) is 0 Å². The summed E-state index contributed by atoms with van der Waals surface area (Å²) in [5, 5.41) is 0. The van der Waals surface area contributed by atoms with E-state index in [0.717, 1.165) is 51.9 Å². The zero-order valence-electron chi connectivity index (χ0n) is 15.4. The number of hydrogen-bond acceptors (Lipinski definition) is 6. The van der Waals surface area contributed by atoms with Crippen LogP contribution in [0.1, 0.15) is 32.6 Å². The number of methoxy groups -OCH3 is 1. The van der Waals surface area contributed by atoms with Gasteiger partial charge in [-0.25, -0.2) is 17.6 Å². The number of halogens is 1. The summed E-state index contributed by atoms with van der Waals surface area (Å²) in [5.41, 5.74) is 0.871. The van der Waals surface area contributed by atoms with Crippen LogP contribution in [-0.2, 0) is 19.4 Å². The molecule has 0 radical (unpaired) electrons. The predicted molar refractivity (Wildman–Crippen MR) is 99.8 cm³/mol. The molecular weight excluding hydrogens is 371 g/mol. The Balaban J connectivity index is 1.84. The molecule has 146 valence electrons. The van der Waals surface area contributed by atoms with Crippen LogP contribution in [0.25, 0.3) is 0 Å². The van der Waals surface area contributed by atoms with Crippen molar-refractivity contribution in [1.82, 2.24) is 0 Å². The number of rotatable bonds is 3. The highest BCUT2D eigenvalue weighted by Crippen LogP contribution is 2.44. The van der Waals surface area contributed by atoms with Gasteiger partial charge >= 0.3 is 5.97 Å². The molecule has 6 nitrogen and oxygen atoms in total. The Kier molecular flexibility index (Phi) is 4.41. The number of sulfone groups is 1. The lowest BCUT2D eigenvalue weighted by Crippen LogP contribution is -2.36. The molecule has 0 amide bonds. The molecule has 4 rings (SSSR count). The molecule has 0 unspecified atom stereocenters. The van der Waals surface area contributed by atoms with Crippen LogP contribution < -0.4 is 9.80 Å². The van der Waals surface area contributed by atoms with Crippen LogP contribution >= 0.6 is 0 Å². The minimum atomic E-state index is -4.13. The molecule has 3 aliphatic rings. The number of benzene rings is 1. The molecule has 0 spiro atoms. The van der Waals surface area contributed by atoms with Gasteiger partial charge in [0.1, 0.15) is 5.82 Å². The van der Waals surface area contributed by atoms with Gasteiger partial charge in [0, 0.05) is 25.3 Å². The molecule has 1 saturated heterocycles. The zero-order chi connectivity index (χ0) is 19.3. The second kappa shape index (κ2) is 6.51. The topological polar surface area (TPSA) is 66.9 Å². The van der Waals surface area contributed by atoms with Gasteiger partial charge in [0.05, 0.1) is 23.4 Å². The molecule has 0 N–H and O–H groups in total. The van der Waals surface area contributed by atoms with Crippen molar-refractivity contribution in [2.45, 2.75) is 43.5 Å². The summed E-state index contributed by atoms with van der Waals surface area (Å²) in [7, 11) is -2.99. The number of esters is 1. The first kappa shape index (κ1) is 18.3. The molecule has 1 saturated carbocycles. The van der Waals surface area contributed by atoms with Crippen molar-refractivity contribution in [2.24, 2.45) is 5.92 Å². The minimum Gasteiger partial charge on any atom is -0.465 e. The maximum atomic E-state index is 14.9. The first-order valence-electron chi connectivity index (χ1n) is 9.25. The van der Waals surface area contributed by atoms with E-state index in [1.807, 2.05) is 4.90 Å². The van der Waals surface area contributed by atoms with E-state index in [1.54, 1.807) is 11.0 Å². The fourth-order valence-electron chi connectivity index (χ4n) is 3.90. The van der Waals surface area contributed by atoms with Crippen molar-refractivity contribution in [3.05, 3.63) is 29.1 Å². The quantitative estimate of drug-likeness (QED) is 0.735. The molecule has 27 heavy (non-hydrogen) atoms. The van der Waals surface area contributed by atoms with Gasteiger partial charge in [0.15, 0.2) is 4.91 Å². The van der Waals surface area contributed by atoms with Crippen LogP contribution in [0, 0.1) is 11.7 Å². The van der Waals surface area contributed by atoms with Gasteiger partial charge in [0.25, 0.3) is 0 Å². The molecule has 1 aromatic rings. The second-order valence-corrected chi connectivity index (χ2v) is 9.48. The molecule has 1 aromatic carbocycles. The Labute approximate surface area is 158 Å². The van der Waals surface area contributed by atoms with E-state index in [0.29, 0.717) is 17.3 Å². The van der Waals surface area contributed by atoms with Crippen LogP contribution in [0.4, 0.5) is 15.8 Å². The third-order valence-corrected chi connectivity index (χ3v) is 7.22. The van der Waals surface area contributed by atoms with Crippen molar-refractivity contribution in [3.8, 4) is 0 Å². The number of ether oxygens (including phenoxy) is 1. The fraction of sp³-hybridized carbons (Fsp3) is 0.526. The molecule has 0 aromatic heterocycles. The monoisotopic (exact) mass is 394 g/mol. The average Bonchev–Trinajstić information content (AvgIpc) is 3.46. The highest BCUT2D eigenvalue weighted by Gasteiger charge is 2.41. The third-order valence-electron chi connectivity index (χ3n) is 5.47. The summed E-state index contributed by atoms with van der Waals surface area (Å²) in [6.45, 7) is 3.63. The number of piperidine rings is 1. The molecule has 2 fully saturated rings. The largest absolute Gasteiger partial charge is 0.465 e. The molecule has 0 bridgehead atoms. The van der Waals surface area contributed by atoms with Crippen LogP contribution in [0.3, 0.4) is 0 Å². The minimum absolute atomic E-state index is 0.123. The van der Waals surface area contributed by atoms with Crippen molar-refractivity contribution in [3.63, 3.8) is 0 Å². The van der Waals surface area contributed by atoms with Crippen molar-refractivity contribution < 1.29 is 22.3 Å². The number of carbonyl (C=O) groups is 1. The summed E-state index contributed by atoms with van der Waals surface area (Å²) in [6.07, 6.45) is 5.24. The van der Waals surface area contributed by atoms with Crippen LogP contribution in [0.15, 0.2) is 28.1 Å². The Morgan fingerprint density at radius 2 is 1.96 bits per heavy atom. The Bertz CT molecular complexity index is 924. The molecule has 2 aliphatic heterocycles. The SMILES string of the molecule is COC(=O)C1=CN(C2CC2)c2cc(N3CCC[C@H](C)C3)c(F)cc2S1(=O)=O. The van der Waals surface area contributed by atoms with Gasteiger partial charge in [-0.3, -0.25) is 0 Å². The molecular formula is C19H23FN2O4S. The number of fused-ring (bicyclic) bond motifs is 1. The normalized spacial score (nSPS) is 24.3. The zero-order valence-corrected chi connectivity index (χ0v) is 16.3. The van der Waals surface area contributed by atoms with E-state index < -0.39 is 26.5 Å². The van der Waals surface area contributed by atoms with Crippen LogP contribution in [0.2, 0.25) is 0 Å². The van der Waals surface area contributed by atoms with Gasteiger partial charge in [-0.1, -0.05) is 6.92 Å². The van der Waals surface area contributed by atoms with Gasteiger partial charge in [-0.2, -0.15) is 0 Å². The van der Waals surface area contributed by atoms with Gasteiger partial charge in [0.2, 0.25) is 9.84 Å². The maximum Gasteiger partial charge on any atom is 0.351 e. The number of carbonyl (C=O) groups excluding carboxylic acids is 1. The first-order valence-corrected chi connectivity index (χ1v) is 10.7. The fourth-order valence-corrected chi connectivity index (χ4v) is 5.39. The highest BCUT2D eigenvalue weighted by atomic mass is 32.2. The van der Waals surface area contributed by atoms with Crippen LogP contribution in [-0.4, -0.2) is 40.6 Å². The summed E-state index contributed by atoms with van der Waals surface area (Å²) in [4.78, 5) is 15.2. The van der Waals surface area contributed by atoms with Gasteiger partial charge < -0.3 is 14.5 Å². The van der Waals surface area contributed by atoms with Crippen molar-refractivity contribution >= 4 is 27.2 Å². The summed E-state index contributed by atoms with van der Waals surface area (Å²) in [6, 6.07) is 2.81.